The Kier molecular flexibility index (Phi) is 4.87. The Labute approximate surface area is 131 Å². The Morgan fingerprint density at radius 1 is 1.32 bits per heavy atom. The van der Waals surface area contributed by atoms with Crippen molar-refractivity contribution in [3.05, 3.63) is 17.6 Å². The average molecular weight is 303 g/mol. The van der Waals surface area contributed by atoms with Gasteiger partial charge in [-0.3, -0.25) is 4.79 Å². The van der Waals surface area contributed by atoms with Gasteiger partial charge in [0.25, 0.3) is 0 Å². The summed E-state index contributed by atoms with van der Waals surface area (Å²) in [5.74, 6) is 1.66. The number of likely N-dealkylation sites (tertiary alicyclic amines) is 1. The Morgan fingerprint density at radius 2 is 2.14 bits per heavy atom. The third-order valence-electron chi connectivity index (χ3n) is 4.40. The second-order valence-electron chi connectivity index (χ2n) is 6.17. The van der Waals surface area contributed by atoms with Crippen LogP contribution in [0.15, 0.2) is 6.07 Å². The monoisotopic (exact) mass is 303 g/mol. The van der Waals surface area contributed by atoms with Crippen LogP contribution in [0.4, 0.5) is 5.82 Å². The van der Waals surface area contributed by atoms with Crippen molar-refractivity contribution in [1.29, 1.82) is 0 Å². The second kappa shape index (κ2) is 7.05. The highest BCUT2D eigenvalue weighted by Gasteiger charge is 2.19. The molecule has 22 heavy (non-hydrogen) atoms. The van der Waals surface area contributed by atoms with E-state index in [1.165, 1.54) is 12.8 Å². The van der Waals surface area contributed by atoms with E-state index in [1.54, 1.807) is 0 Å². The van der Waals surface area contributed by atoms with Crippen LogP contribution in [0.3, 0.4) is 0 Å². The number of rotatable bonds is 4. The number of nitrogens with one attached hydrogen (secondary N) is 2. The molecule has 0 aromatic carbocycles. The summed E-state index contributed by atoms with van der Waals surface area (Å²) in [6.45, 7) is 5.04. The van der Waals surface area contributed by atoms with Crippen LogP contribution in [-0.2, 0) is 4.79 Å². The molecule has 1 aromatic rings. The summed E-state index contributed by atoms with van der Waals surface area (Å²) in [4.78, 5) is 23.1. The number of hydrogen-bond donors (Lipinski definition) is 2. The maximum Gasteiger partial charge on any atom is 0.241 e. The third-order valence-corrected chi connectivity index (χ3v) is 4.40. The molecule has 2 aliphatic rings. The molecule has 120 valence electrons. The van der Waals surface area contributed by atoms with Crippen LogP contribution in [-0.4, -0.2) is 47.0 Å². The zero-order chi connectivity index (χ0) is 15.4. The van der Waals surface area contributed by atoms with E-state index in [4.69, 9.17) is 0 Å². The lowest BCUT2D eigenvalue weighted by molar-refractivity contribution is -0.130. The van der Waals surface area contributed by atoms with Gasteiger partial charge >= 0.3 is 0 Å². The number of aromatic nitrogens is 2. The first-order valence-electron chi connectivity index (χ1n) is 8.33. The third kappa shape index (κ3) is 3.74. The van der Waals surface area contributed by atoms with Gasteiger partial charge in [0.2, 0.25) is 5.91 Å². The number of nitrogens with zero attached hydrogens (tertiary/aromatic N) is 3. The summed E-state index contributed by atoms with van der Waals surface area (Å²) >= 11 is 0. The molecule has 3 rings (SSSR count). The lowest BCUT2D eigenvalue weighted by Crippen LogP contribution is -2.39. The van der Waals surface area contributed by atoms with Crippen molar-refractivity contribution < 1.29 is 4.79 Å². The summed E-state index contributed by atoms with van der Waals surface area (Å²) in [5.41, 5.74) is 1.03. The van der Waals surface area contributed by atoms with Crippen molar-refractivity contribution in [3.8, 4) is 0 Å². The number of hydrogen-bond acceptors (Lipinski definition) is 5. The van der Waals surface area contributed by atoms with Gasteiger partial charge in [0, 0.05) is 25.2 Å². The maximum atomic E-state index is 12.2. The van der Waals surface area contributed by atoms with E-state index < -0.39 is 0 Å². The first-order valence-corrected chi connectivity index (χ1v) is 8.33. The summed E-state index contributed by atoms with van der Waals surface area (Å²) in [7, 11) is 0. The Balaban J connectivity index is 1.60. The fourth-order valence-electron chi connectivity index (χ4n) is 3.22. The highest BCUT2D eigenvalue weighted by molar-refractivity contribution is 5.80. The predicted molar refractivity (Wildman–Crippen MR) is 85.7 cm³/mol. The zero-order valence-corrected chi connectivity index (χ0v) is 13.3. The molecule has 2 saturated heterocycles. The first kappa shape index (κ1) is 15.2. The summed E-state index contributed by atoms with van der Waals surface area (Å²) in [6.07, 6.45) is 5.78. The Morgan fingerprint density at radius 3 is 2.86 bits per heavy atom. The van der Waals surface area contributed by atoms with Crippen molar-refractivity contribution in [2.24, 2.45) is 0 Å². The number of carbonyl (C=O) groups is 1. The van der Waals surface area contributed by atoms with Gasteiger partial charge in [0.15, 0.2) is 0 Å². The van der Waals surface area contributed by atoms with Gasteiger partial charge in [-0.2, -0.15) is 0 Å². The Hall–Kier alpha value is -1.69. The normalized spacial score (nSPS) is 21.9. The van der Waals surface area contributed by atoms with Crippen molar-refractivity contribution >= 4 is 11.7 Å². The molecule has 0 saturated carbocycles. The summed E-state index contributed by atoms with van der Waals surface area (Å²) in [6, 6.07) is 2.29. The minimum Gasteiger partial charge on any atom is -0.361 e. The van der Waals surface area contributed by atoms with Crippen molar-refractivity contribution in [3.63, 3.8) is 0 Å². The number of anilines is 1. The lowest BCUT2D eigenvalue weighted by Gasteiger charge is -2.26. The SMILES string of the molecule is Cc1nc(NCC(=O)N2CCCCC2)cc(C2CCCN2)n1. The van der Waals surface area contributed by atoms with Crippen LogP contribution in [0, 0.1) is 6.92 Å². The van der Waals surface area contributed by atoms with E-state index in [1.807, 2.05) is 17.9 Å². The molecule has 1 amide bonds. The van der Waals surface area contributed by atoms with Gasteiger partial charge in [0.1, 0.15) is 11.6 Å². The lowest BCUT2D eigenvalue weighted by atomic mass is 10.1. The largest absolute Gasteiger partial charge is 0.361 e. The van der Waals surface area contributed by atoms with E-state index >= 15 is 0 Å². The van der Waals surface area contributed by atoms with E-state index in [0.29, 0.717) is 12.6 Å². The summed E-state index contributed by atoms with van der Waals surface area (Å²) in [5, 5.41) is 6.63. The van der Waals surface area contributed by atoms with Crippen molar-refractivity contribution in [1.82, 2.24) is 20.2 Å². The topological polar surface area (TPSA) is 70.2 Å². The van der Waals surface area contributed by atoms with Crippen LogP contribution < -0.4 is 10.6 Å². The van der Waals surface area contributed by atoms with Crippen LogP contribution in [0.5, 0.6) is 0 Å². The molecular formula is C16H25N5O. The fraction of sp³-hybridized carbons (Fsp3) is 0.688. The standard InChI is InChI=1S/C16H25N5O/c1-12-19-14(13-6-5-7-17-13)10-15(20-12)18-11-16(22)21-8-3-2-4-9-21/h10,13,17H,2-9,11H2,1H3,(H,18,19,20). The molecule has 2 aliphatic heterocycles. The second-order valence-corrected chi connectivity index (χ2v) is 6.17. The van der Waals surface area contributed by atoms with Gasteiger partial charge in [-0.15, -0.1) is 0 Å². The number of carbonyl (C=O) groups excluding carboxylic acids is 1. The minimum atomic E-state index is 0.163. The molecule has 0 radical (unpaired) electrons. The molecule has 2 N–H and O–H groups in total. The van der Waals surface area contributed by atoms with Gasteiger partial charge in [0.05, 0.1) is 12.2 Å². The van der Waals surface area contributed by atoms with Gasteiger partial charge in [-0.25, -0.2) is 9.97 Å². The molecule has 1 unspecified atom stereocenters. The van der Waals surface area contributed by atoms with Crippen molar-refractivity contribution in [2.75, 3.05) is 31.5 Å². The smallest absolute Gasteiger partial charge is 0.241 e. The highest BCUT2D eigenvalue weighted by atomic mass is 16.2. The minimum absolute atomic E-state index is 0.163. The average Bonchev–Trinajstić information content (AvgIpc) is 3.07. The Bertz CT molecular complexity index is 521. The first-order chi connectivity index (χ1) is 10.7. The molecule has 6 heteroatoms. The number of piperidine rings is 1. The number of amides is 1. The van der Waals surface area contributed by atoms with Gasteiger partial charge in [-0.05, 0) is 45.6 Å². The van der Waals surface area contributed by atoms with E-state index in [0.717, 1.165) is 56.2 Å². The predicted octanol–water partition coefficient (Wildman–Crippen LogP) is 1.63. The molecular weight excluding hydrogens is 278 g/mol. The highest BCUT2D eigenvalue weighted by Crippen LogP contribution is 2.23. The zero-order valence-electron chi connectivity index (χ0n) is 13.3. The molecule has 0 spiro atoms. The summed E-state index contributed by atoms with van der Waals surface area (Å²) < 4.78 is 0. The number of aryl methyl sites for hydroxylation is 1. The van der Waals surface area contributed by atoms with Gasteiger partial charge < -0.3 is 15.5 Å². The molecule has 1 aromatic heterocycles. The van der Waals surface area contributed by atoms with Crippen LogP contribution in [0.2, 0.25) is 0 Å². The van der Waals surface area contributed by atoms with Crippen LogP contribution in [0.1, 0.15) is 49.7 Å². The molecule has 3 heterocycles. The van der Waals surface area contributed by atoms with E-state index in [-0.39, 0.29) is 5.91 Å². The fourth-order valence-corrected chi connectivity index (χ4v) is 3.22. The van der Waals surface area contributed by atoms with Crippen LogP contribution >= 0.6 is 0 Å². The van der Waals surface area contributed by atoms with E-state index in [9.17, 15) is 4.79 Å². The van der Waals surface area contributed by atoms with Crippen LogP contribution in [0.25, 0.3) is 0 Å². The van der Waals surface area contributed by atoms with Gasteiger partial charge in [-0.1, -0.05) is 0 Å². The van der Waals surface area contributed by atoms with E-state index in [2.05, 4.69) is 20.6 Å². The maximum absolute atomic E-state index is 12.2. The molecule has 0 aliphatic carbocycles. The quantitative estimate of drug-likeness (QED) is 0.885. The molecule has 2 fully saturated rings. The van der Waals surface area contributed by atoms with Crippen molar-refractivity contribution in [2.45, 2.75) is 45.1 Å². The molecule has 1 atom stereocenters. The molecule has 6 nitrogen and oxygen atoms in total. The molecule has 0 bridgehead atoms.